The summed E-state index contributed by atoms with van der Waals surface area (Å²) >= 11 is 0. The second-order valence-corrected chi connectivity index (χ2v) is 6.18. The number of nitrogens with zero attached hydrogens (tertiary/aromatic N) is 3. The number of benzene rings is 2. The number of amides is 1. The molecule has 1 N–H and O–H groups in total. The van der Waals surface area contributed by atoms with Crippen LogP contribution in [0.15, 0.2) is 59.9 Å². The van der Waals surface area contributed by atoms with E-state index < -0.39 is 0 Å². The summed E-state index contributed by atoms with van der Waals surface area (Å²) in [5, 5.41) is 2.81. The van der Waals surface area contributed by atoms with Crippen LogP contribution in [-0.4, -0.2) is 27.7 Å². The predicted octanol–water partition coefficient (Wildman–Crippen LogP) is 3.80. The van der Waals surface area contributed by atoms with Gasteiger partial charge in [-0.05, 0) is 25.1 Å². The number of rotatable bonds is 3. The van der Waals surface area contributed by atoms with Gasteiger partial charge in [0.15, 0.2) is 5.69 Å². The van der Waals surface area contributed by atoms with Gasteiger partial charge in [0, 0.05) is 23.2 Å². The van der Waals surface area contributed by atoms with Crippen LogP contribution in [0.5, 0.6) is 0 Å². The molecule has 1 aliphatic rings. The third kappa shape index (κ3) is 4.04. The Morgan fingerprint density at radius 2 is 1.97 bits per heavy atom. The Morgan fingerprint density at radius 1 is 1.21 bits per heavy atom. The van der Waals surface area contributed by atoms with Crippen LogP contribution in [0.25, 0.3) is 5.69 Å². The van der Waals surface area contributed by atoms with Crippen molar-refractivity contribution in [3.05, 3.63) is 82.9 Å². The lowest BCUT2D eigenvalue weighted by atomic mass is 9.98. The molecule has 1 amide bonds. The molecule has 4 rings (SSSR count). The minimum absolute atomic E-state index is 0. The average molecular weight is 427 g/mol. The summed E-state index contributed by atoms with van der Waals surface area (Å²) in [6.45, 7) is 2.79. The van der Waals surface area contributed by atoms with Crippen LogP contribution in [-0.2, 0) is 6.54 Å². The lowest BCUT2D eigenvalue weighted by Crippen LogP contribution is -2.24. The zero-order valence-corrected chi connectivity index (χ0v) is 17.4. The van der Waals surface area contributed by atoms with E-state index in [-0.39, 0.29) is 30.7 Å². The average Bonchev–Trinajstić information content (AvgIpc) is 3.06. The SMILES string of the molecule is C#Cc1ccc2c(c1)C(c1ccccc1)=NCc1c(C(=O)NCC)ncn1-2.Cl.Cl. The van der Waals surface area contributed by atoms with Crippen LogP contribution in [0.2, 0.25) is 0 Å². The summed E-state index contributed by atoms with van der Waals surface area (Å²) in [7, 11) is 0. The first-order valence-electron chi connectivity index (χ1n) is 8.78. The van der Waals surface area contributed by atoms with Gasteiger partial charge in [0.25, 0.3) is 5.91 Å². The smallest absolute Gasteiger partial charge is 0.271 e. The number of halogens is 2. The third-order valence-electron chi connectivity index (χ3n) is 4.53. The molecule has 0 radical (unpaired) electrons. The summed E-state index contributed by atoms with van der Waals surface area (Å²) in [4.78, 5) is 21.6. The first-order valence-corrected chi connectivity index (χ1v) is 8.78. The van der Waals surface area contributed by atoms with Crippen molar-refractivity contribution in [2.75, 3.05) is 6.54 Å². The number of fused-ring (bicyclic) bond motifs is 3. The number of hydrogen-bond donors (Lipinski definition) is 1. The van der Waals surface area contributed by atoms with Gasteiger partial charge in [0.1, 0.15) is 6.33 Å². The van der Waals surface area contributed by atoms with Crippen LogP contribution < -0.4 is 5.32 Å². The Balaban J connectivity index is 0.00000150. The van der Waals surface area contributed by atoms with Crippen LogP contribution in [0.3, 0.4) is 0 Å². The van der Waals surface area contributed by atoms with E-state index in [9.17, 15) is 4.79 Å². The highest BCUT2D eigenvalue weighted by Crippen LogP contribution is 2.27. The van der Waals surface area contributed by atoms with Gasteiger partial charge in [0.2, 0.25) is 0 Å². The predicted molar refractivity (Wildman–Crippen MR) is 120 cm³/mol. The van der Waals surface area contributed by atoms with Crippen molar-refractivity contribution in [3.63, 3.8) is 0 Å². The Hall–Kier alpha value is -3.07. The van der Waals surface area contributed by atoms with E-state index in [1.807, 2.05) is 60.0 Å². The fourth-order valence-electron chi connectivity index (χ4n) is 3.27. The maximum atomic E-state index is 12.4. The third-order valence-corrected chi connectivity index (χ3v) is 4.53. The first kappa shape index (κ1) is 22.2. The largest absolute Gasteiger partial charge is 0.351 e. The molecule has 0 unspecified atom stereocenters. The number of imidazole rings is 1. The molecule has 0 atom stereocenters. The molecule has 0 bridgehead atoms. The topological polar surface area (TPSA) is 59.3 Å². The number of terminal acetylenes is 1. The van der Waals surface area contributed by atoms with Crippen molar-refractivity contribution < 1.29 is 4.79 Å². The number of hydrogen-bond acceptors (Lipinski definition) is 3. The molecule has 29 heavy (non-hydrogen) atoms. The van der Waals surface area contributed by atoms with Crippen LogP contribution in [0.4, 0.5) is 0 Å². The van der Waals surface area contributed by atoms with Gasteiger partial charge in [-0.2, -0.15) is 0 Å². The summed E-state index contributed by atoms with van der Waals surface area (Å²) in [6, 6.07) is 15.8. The molecule has 1 aromatic heterocycles. The minimum Gasteiger partial charge on any atom is -0.351 e. The molecule has 2 aromatic carbocycles. The molecule has 7 heteroatoms. The minimum atomic E-state index is -0.189. The number of nitrogens with one attached hydrogen (secondary N) is 1. The molecular formula is C22H20Cl2N4O. The van der Waals surface area contributed by atoms with Gasteiger partial charge in [-0.25, -0.2) is 4.98 Å². The van der Waals surface area contributed by atoms with Crippen molar-refractivity contribution in [1.82, 2.24) is 14.9 Å². The molecule has 0 aliphatic carbocycles. The van der Waals surface area contributed by atoms with E-state index in [2.05, 4.69) is 16.2 Å². The number of aromatic nitrogens is 2. The molecule has 148 valence electrons. The lowest BCUT2D eigenvalue weighted by molar-refractivity contribution is 0.0950. The van der Waals surface area contributed by atoms with Crippen molar-refractivity contribution in [2.24, 2.45) is 4.99 Å². The second kappa shape index (κ2) is 9.42. The van der Waals surface area contributed by atoms with Crippen LogP contribution in [0.1, 0.15) is 39.8 Å². The Kier molecular flexibility index (Phi) is 7.22. The Labute approximate surface area is 182 Å². The molecule has 0 fully saturated rings. The summed E-state index contributed by atoms with van der Waals surface area (Å²) in [6.07, 6.45) is 7.29. The molecule has 5 nitrogen and oxygen atoms in total. The van der Waals surface area contributed by atoms with Crippen LogP contribution in [0, 0.1) is 12.3 Å². The first-order chi connectivity index (χ1) is 13.2. The van der Waals surface area contributed by atoms with Gasteiger partial charge in [-0.3, -0.25) is 14.4 Å². The standard InChI is InChI=1S/C22H18N4O.2ClH/c1-3-15-10-11-18-17(12-15)20(16-8-6-5-7-9-16)24-13-19-21(22(27)23-4-2)25-14-26(18)19;;/h1,5-12,14H,4,13H2,2H3,(H,23,27);2*1H. The van der Waals surface area contributed by atoms with E-state index in [1.54, 1.807) is 6.33 Å². The highest BCUT2D eigenvalue weighted by molar-refractivity contribution is 6.15. The van der Waals surface area contributed by atoms with Crippen molar-refractivity contribution in [2.45, 2.75) is 13.5 Å². The lowest BCUT2D eigenvalue weighted by Gasteiger charge is -2.12. The maximum absolute atomic E-state index is 12.4. The van der Waals surface area contributed by atoms with Gasteiger partial charge >= 0.3 is 0 Å². The zero-order valence-electron chi connectivity index (χ0n) is 15.8. The Morgan fingerprint density at radius 3 is 2.66 bits per heavy atom. The molecule has 0 saturated carbocycles. The number of aliphatic imine (C=N–C) groups is 1. The van der Waals surface area contributed by atoms with E-state index in [4.69, 9.17) is 11.4 Å². The van der Waals surface area contributed by atoms with E-state index >= 15 is 0 Å². The normalized spacial score (nSPS) is 11.4. The van der Waals surface area contributed by atoms with E-state index in [0.29, 0.717) is 18.8 Å². The molecular weight excluding hydrogens is 407 g/mol. The van der Waals surface area contributed by atoms with E-state index in [1.165, 1.54) is 0 Å². The molecule has 3 aromatic rings. The van der Waals surface area contributed by atoms with Crippen molar-refractivity contribution in [1.29, 1.82) is 0 Å². The fraction of sp³-hybridized carbons (Fsp3) is 0.136. The van der Waals surface area contributed by atoms with Crippen molar-refractivity contribution >= 4 is 36.4 Å². The molecule has 1 aliphatic heterocycles. The van der Waals surface area contributed by atoms with Gasteiger partial charge in [0.05, 0.1) is 23.6 Å². The Bertz CT molecular complexity index is 1100. The summed E-state index contributed by atoms with van der Waals surface area (Å²) in [5.41, 5.74) is 5.65. The quantitative estimate of drug-likeness (QED) is 0.647. The van der Waals surface area contributed by atoms with Crippen LogP contribution >= 0.6 is 24.8 Å². The number of carbonyl (C=O) groups is 1. The molecule has 0 saturated heterocycles. The highest BCUT2D eigenvalue weighted by Gasteiger charge is 2.24. The summed E-state index contributed by atoms with van der Waals surface area (Å²) < 4.78 is 1.93. The molecule has 0 spiro atoms. The zero-order chi connectivity index (χ0) is 18.8. The highest BCUT2D eigenvalue weighted by atomic mass is 35.5. The second-order valence-electron chi connectivity index (χ2n) is 6.18. The molecule has 2 heterocycles. The maximum Gasteiger partial charge on any atom is 0.271 e. The fourth-order valence-corrected chi connectivity index (χ4v) is 3.27. The number of carbonyl (C=O) groups excluding carboxylic acids is 1. The van der Waals surface area contributed by atoms with Gasteiger partial charge in [-0.15, -0.1) is 31.2 Å². The van der Waals surface area contributed by atoms with Crippen molar-refractivity contribution in [3.8, 4) is 18.0 Å². The summed E-state index contributed by atoms with van der Waals surface area (Å²) in [5.74, 6) is 2.50. The van der Waals surface area contributed by atoms with E-state index in [0.717, 1.165) is 33.8 Å². The van der Waals surface area contributed by atoms with Gasteiger partial charge in [-0.1, -0.05) is 36.3 Å². The monoisotopic (exact) mass is 426 g/mol. The van der Waals surface area contributed by atoms with Gasteiger partial charge < -0.3 is 5.32 Å².